The van der Waals surface area contributed by atoms with E-state index in [1.165, 1.54) is 6.08 Å². The molecule has 1 unspecified atom stereocenters. The van der Waals surface area contributed by atoms with Crippen molar-refractivity contribution in [1.82, 2.24) is 9.80 Å². The third kappa shape index (κ3) is 2.56. The molecule has 4 heteroatoms. The SMILES string of the molecule is C=CC(=O)N1CCN(C)C(CCO)C1. The van der Waals surface area contributed by atoms with Gasteiger partial charge in [-0.1, -0.05) is 6.58 Å². The average Bonchev–Trinajstić information content (AvgIpc) is 2.20. The van der Waals surface area contributed by atoms with Gasteiger partial charge in [0.15, 0.2) is 0 Å². The second-order valence-corrected chi connectivity index (χ2v) is 3.64. The zero-order chi connectivity index (χ0) is 10.6. The highest BCUT2D eigenvalue weighted by molar-refractivity contribution is 5.87. The van der Waals surface area contributed by atoms with Gasteiger partial charge in [-0.3, -0.25) is 9.69 Å². The van der Waals surface area contributed by atoms with Crippen LogP contribution < -0.4 is 0 Å². The monoisotopic (exact) mass is 198 g/mol. The first-order valence-corrected chi connectivity index (χ1v) is 4.91. The fraction of sp³-hybridized carbons (Fsp3) is 0.700. The number of aliphatic hydroxyl groups is 1. The van der Waals surface area contributed by atoms with Crippen LogP contribution in [0.5, 0.6) is 0 Å². The molecule has 0 aromatic rings. The fourth-order valence-corrected chi connectivity index (χ4v) is 1.74. The molecule has 0 spiro atoms. The van der Waals surface area contributed by atoms with Gasteiger partial charge >= 0.3 is 0 Å². The summed E-state index contributed by atoms with van der Waals surface area (Å²) in [6.07, 6.45) is 2.07. The highest BCUT2D eigenvalue weighted by Crippen LogP contribution is 2.10. The third-order valence-corrected chi connectivity index (χ3v) is 2.73. The van der Waals surface area contributed by atoms with Gasteiger partial charge in [0, 0.05) is 32.3 Å². The maximum absolute atomic E-state index is 11.4. The Kier molecular flexibility index (Phi) is 4.10. The Morgan fingerprint density at radius 1 is 1.64 bits per heavy atom. The van der Waals surface area contributed by atoms with E-state index in [1.54, 1.807) is 4.90 Å². The van der Waals surface area contributed by atoms with E-state index in [0.717, 1.165) is 19.5 Å². The Balaban J connectivity index is 2.52. The molecule has 0 radical (unpaired) electrons. The van der Waals surface area contributed by atoms with E-state index in [0.29, 0.717) is 6.54 Å². The number of likely N-dealkylation sites (N-methyl/N-ethyl adjacent to an activating group) is 1. The van der Waals surface area contributed by atoms with Gasteiger partial charge in [0.05, 0.1) is 0 Å². The summed E-state index contributed by atoms with van der Waals surface area (Å²) in [7, 11) is 2.02. The van der Waals surface area contributed by atoms with E-state index in [2.05, 4.69) is 11.5 Å². The smallest absolute Gasteiger partial charge is 0.246 e. The van der Waals surface area contributed by atoms with Crippen molar-refractivity contribution < 1.29 is 9.90 Å². The summed E-state index contributed by atoms with van der Waals surface area (Å²) in [4.78, 5) is 15.3. The van der Waals surface area contributed by atoms with Crippen LogP contribution in [0.4, 0.5) is 0 Å². The molecule has 0 aliphatic carbocycles. The number of hydrogen-bond acceptors (Lipinski definition) is 3. The van der Waals surface area contributed by atoms with Gasteiger partial charge < -0.3 is 10.0 Å². The van der Waals surface area contributed by atoms with Crippen LogP contribution >= 0.6 is 0 Å². The van der Waals surface area contributed by atoms with E-state index in [1.807, 2.05) is 7.05 Å². The minimum atomic E-state index is -0.0129. The zero-order valence-electron chi connectivity index (χ0n) is 8.65. The summed E-state index contributed by atoms with van der Waals surface area (Å²) in [5, 5.41) is 8.87. The minimum Gasteiger partial charge on any atom is -0.396 e. The normalized spacial score (nSPS) is 23.6. The van der Waals surface area contributed by atoms with Gasteiger partial charge in [0.25, 0.3) is 0 Å². The van der Waals surface area contributed by atoms with Crippen molar-refractivity contribution in [3.8, 4) is 0 Å². The number of carbonyl (C=O) groups is 1. The van der Waals surface area contributed by atoms with E-state index < -0.39 is 0 Å². The van der Waals surface area contributed by atoms with Crippen LogP contribution in [0, 0.1) is 0 Å². The standard InChI is InChI=1S/C10H18N2O2/c1-3-10(14)12-6-5-11(2)9(8-12)4-7-13/h3,9,13H,1,4-8H2,2H3. The van der Waals surface area contributed by atoms with E-state index in [-0.39, 0.29) is 18.6 Å². The first kappa shape index (κ1) is 11.2. The summed E-state index contributed by atoms with van der Waals surface area (Å²) in [6, 6.07) is 0.276. The number of amides is 1. The molecule has 1 aliphatic rings. The molecule has 1 saturated heterocycles. The molecule has 1 aliphatic heterocycles. The Labute approximate surface area is 84.8 Å². The summed E-state index contributed by atoms with van der Waals surface area (Å²) in [5.41, 5.74) is 0. The van der Waals surface area contributed by atoms with Crippen molar-refractivity contribution in [2.45, 2.75) is 12.5 Å². The summed E-state index contributed by atoms with van der Waals surface area (Å²) < 4.78 is 0. The van der Waals surface area contributed by atoms with Gasteiger partial charge in [0.2, 0.25) is 5.91 Å². The molecular formula is C10H18N2O2. The molecule has 1 fully saturated rings. The first-order valence-electron chi connectivity index (χ1n) is 4.91. The number of nitrogens with zero attached hydrogens (tertiary/aromatic N) is 2. The lowest BCUT2D eigenvalue weighted by atomic mass is 10.1. The van der Waals surface area contributed by atoms with Crippen LogP contribution in [0.15, 0.2) is 12.7 Å². The average molecular weight is 198 g/mol. The van der Waals surface area contributed by atoms with Gasteiger partial charge in [-0.2, -0.15) is 0 Å². The Morgan fingerprint density at radius 3 is 2.93 bits per heavy atom. The van der Waals surface area contributed by atoms with E-state index in [9.17, 15) is 4.79 Å². The third-order valence-electron chi connectivity index (χ3n) is 2.73. The predicted octanol–water partition coefficient (Wildman–Crippen LogP) is -0.303. The summed E-state index contributed by atoms with van der Waals surface area (Å²) in [6.45, 7) is 5.96. The van der Waals surface area contributed by atoms with Crippen LogP contribution in [-0.2, 0) is 4.79 Å². The van der Waals surface area contributed by atoms with Gasteiger partial charge in [-0.15, -0.1) is 0 Å². The second-order valence-electron chi connectivity index (χ2n) is 3.64. The number of piperazine rings is 1. The molecule has 1 rings (SSSR count). The molecule has 0 bridgehead atoms. The van der Waals surface area contributed by atoms with Crippen molar-refractivity contribution in [2.75, 3.05) is 33.3 Å². The Bertz CT molecular complexity index is 218. The molecule has 1 amide bonds. The molecule has 1 atom stereocenters. The molecule has 1 heterocycles. The number of carbonyl (C=O) groups excluding carboxylic acids is 1. The van der Waals surface area contributed by atoms with Crippen molar-refractivity contribution in [1.29, 1.82) is 0 Å². The van der Waals surface area contributed by atoms with Gasteiger partial charge in [-0.25, -0.2) is 0 Å². The molecule has 14 heavy (non-hydrogen) atoms. The molecule has 0 saturated carbocycles. The second kappa shape index (κ2) is 5.12. The number of hydrogen-bond donors (Lipinski definition) is 1. The molecule has 80 valence electrons. The lowest BCUT2D eigenvalue weighted by Gasteiger charge is -2.38. The highest BCUT2D eigenvalue weighted by atomic mass is 16.3. The molecular weight excluding hydrogens is 180 g/mol. The Hall–Kier alpha value is -0.870. The van der Waals surface area contributed by atoms with E-state index in [4.69, 9.17) is 5.11 Å². The van der Waals surface area contributed by atoms with Crippen LogP contribution in [0.1, 0.15) is 6.42 Å². The summed E-state index contributed by atoms with van der Waals surface area (Å²) >= 11 is 0. The van der Waals surface area contributed by atoms with E-state index >= 15 is 0 Å². The van der Waals surface area contributed by atoms with Gasteiger partial charge in [-0.05, 0) is 19.5 Å². The highest BCUT2D eigenvalue weighted by Gasteiger charge is 2.25. The number of aliphatic hydroxyl groups excluding tert-OH is 1. The van der Waals surface area contributed by atoms with Crippen LogP contribution in [-0.4, -0.2) is 60.1 Å². The van der Waals surface area contributed by atoms with Crippen LogP contribution in [0.2, 0.25) is 0 Å². The quantitative estimate of drug-likeness (QED) is 0.633. The lowest BCUT2D eigenvalue weighted by molar-refractivity contribution is -0.128. The van der Waals surface area contributed by atoms with Gasteiger partial charge in [0.1, 0.15) is 0 Å². The van der Waals surface area contributed by atoms with Crippen molar-refractivity contribution in [3.05, 3.63) is 12.7 Å². The minimum absolute atomic E-state index is 0.0129. The lowest BCUT2D eigenvalue weighted by Crippen LogP contribution is -2.53. The molecule has 0 aromatic carbocycles. The zero-order valence-corrected chi connectivity index (χ0v) is 8.65. The van der Waals surface area contributed by atoms with Crippen molar-refractivity contribution >= 4 is 5.91 Å². The van der Waals surface area contributed by atoms with Crippen molar-refractivity contribution in [3.63, 3.8) is 0 Å². The molecule has 4 nitrogen and oxygen atoms in total. The maximum Gasteiger partial charge on any atom is 0.246 e. The Morgan fingerprint density at radius 2 is 2.36 bits per heavy atom. The topological polar surface area (TPSA) is 43.8 Å². The summed E-state index contributed by atoms with van der Waals surface area (Å²) in [5.74, 6) is -0.0129. The number of rotatable bonds is 3. The van der Waals surface area contributed by atoms with Crippen molar-refractivity contribution in [2.24, 2.45) is 0 Å². The molecule has 0 aromatic heterocycles. The largest absolute Gasteiger partial charge is 0.396 e. The maximum atomic E-state index is 11.4. The fourth-order valence-electron chi connectivity index (χ4n) is 1.74. The predicted molar refractivity (Wildman–Crippen MR) is 54.9 cm³/mol. The van der Waals surface area contributed by atoms with Crippen LogP contribution in [0.3, 0.4) is 0 Å². The molecule has 1 N–H and O–H groups in total. The first-order chi connectivity index (χ1) is 6.69. The van der Waals surface area contributed by atoms with Crippen LogP contribution in [0.25, 0.3) is 0 Å².